The van der Waals surface area contributed by atoms with Gasteiger partial charge in [0.2, 0.25) is 0 Å². The van der Waals surface area contributed by atoms with E-state index < -0.39 is 11.2 Å². The average molecular weight is 573 g/mol. The Kier molecular flexibility index (Phi) is 6.15. The molecule has 0 saturated heterocycles. The Labute approximate surface area is 250 Å². The highest BCUT2D eigenvalue weighted by molar-refractivity contribution is 6.09. The number of methoxy groups -OCH3 is 4. The first kappa shape index (κ1) is 26.9. The number of rotatable bonds is 6. The zero-order chi connectivity index (χ0) is 29.9. The van der Waals surface area contributed by atoms with Crippen LogP contribution in [0.25, 0.3) is 28.0 Å². The number of aliphatic hydroxyl groups is 1. The molecule has 2 unspecified atom stereocenters. The van der Waals surface area contributed by atoms with E-state index in [1.54, 1.807) is 28.4 Å². The highest BCUT2D eigenvalue weighted by atomic mass is 16.5. The van der Waals surface area contributed by atoms with Crippen LogP contribution in [0.4, 0.5) is 0 Å². The molecule has 0 aromatic heterocycles. The van der Waals surface area contributed by atoms with Gasteiger partial charge in [-0.05, 0) is 77.4 Å². The van der Waals surface area contributed by atoms with Crippen LogP contribution >= 0.6 is 0 Å². The molecule has 6 heteroatoms. The van der Waals surface area contributed by atoms with Gasteiger partial charge in [-0.15, -0.1) is 0 Å². The molecule has 1 N–H and O–H groups in total. The molecule has 1 heterocycles. The van der Waals surface area contributed by atoms with Crippen molar-refractivity contribution >= 4 is 16.8 Å². The second-order valence-electron chi connectivity index (χ2n) is 11.0. The highest BCUT2D eigenvalue weighted by Crippen LogP contribution is 2.59. The maximum absolute atomic E-state index is 12.4. The Morgan fingerprint density at radius 2 is 1.35 bits per heavy atom. The van der Waals surface area contributed by atoms with E-state index in [1.165, 1.54) is 0 Å². The Hall–Kier alpha value is -4.94. The molecule has 1 aliphatic carbocycles. The standard InChI is InChI=1S/C37H32O6/c1-36(38)30-19-25(40-3)14-15-27(30)33-29-21-32(42-5)31(41-4)20-28(29)26-16-17-37(43-35(26)34(33)36,22-10-7-6-8-11-22)23-12-9-13-24(18-23)39-2/h6-21,38H,1-5H3. The molecule has 0 saturated carbocycles. The van der Waals surface area contributed by atoms with E-state index >= 15 is 0 Å². The number of hydrogen-bond acceptors (Lipinski definition) is 6. The van der Waals surface area contributed by atoms with E-state index in [0.29, 0.717) is 28.6 Å². The lowest BCUT2D eigenvalue weighted by Crippen LogP contribution is -2.35. The molecule has 2 aliphatic rings. The average Bonchev–Trinajstić information content (AvgIpc) is 3.30. The van der Waals surface area contributed by atoms with E-state index in [-0.39, 0.29) is 0 Å². The summed E-state index contributed by atoms with van der Waals surface area (Å²) in [6.45, 7) is 1.82. The van der Waals surface area contributed by atoms with Crippen molar-refractivity contribution in [2.75, 3.05) is 28.4 Å². The molecular formula is C37H32O6. The van der Waals surface area contributed by atoms with Crippen molar-refractivity contribution in [1.82, 2.24) is 0 Å². The number of hydrogen-bond donors (Lipinski definition) is 1. The predicted molar refractivity (Wildman–Crippen MR) is 168 cm³/mol. The largest absolute Gasteiger partial charge is 0.497 e. The summed E-state index contributed by atoms with van der Waals surface area (Å²) in [6, 6.07) is 27.8. The first-order valence-corrected chi connectivity index (χ1v) is 14.1. The third-order valence-electron chi connectivity index (χ3n) is 8.76. The van der Waals surface area contributed by atoms with E-state index in [0.717, 1.165) is 49.9 Å². The summed E-state index contributed by atoms with van der Waals surface area (Å²) in [5, 5.41) is 14.3. The van der Waals surface area contributed by atoms with Gasteiger partial charge in [0.15, 0.2) is 17.1 Å². The van der Waals surface area contributed by atoms with Gasteiger partial charge in [-0.1, -0.05) is 48.5 Å². The van der Waals surface area contributed by atoms with E-state index in [1.807, 2.05) is 79.7 Å². The van der Waals surface area contributed by atoms with E-state index in [2.05, 4.69) is 24.3 Å². The number of ether oxygens (including phenoxy) is 5. The van der Waals surface area contributed by atoms with Crippen molar-refractivity contribution in [2.24, 2.45) is 0 Å². The minimum absolute atomic E-state index is 0.601. The molecule has 216 valence electrons. The molecule has 5 aromatic rings. The van der Waals surface area contributed by atoms with Crippen LogP contribution in [0.15, 0.2) is 91.0 Å². The normalized spacial score (nSPS) is 19.7. The molecule has 5 aromatic carbocycles. The van der Waals surface area contributed by atoms with Crippen LogP contribution in [0, 0.1) is 0 Å². The van der Waals surface area contributed by atoms with Crippen LogP contribution < -0.4 is 23.7 Å². The summed E-state index contributed by atoms with van der Waals surface area (Å²) in [6.07, 6.45) is 4.18. The van der Waals surface area contributed by atoms with Crippen molar-refractivity contribution in [3.05, 3.63) is 119 Å². The molecule has 2 atom stereocenters. The van der Waals surface area contributed by atoms with Gasteiger partial charge in [-0.2, -0.15) is 0 Å². The molecule has 0 spiro atoms. The second kappa shape index (κ2) is 9.82. The van der Waals surface area contributed by atoms with Crippen molar-refractivity contribution in [1.29, 1.82) is 0 Å². The second-order valence-corrected chi connectivity index (χ2v) is 11.0. The van der Waals surface area contributed by atoms with Crippen molar-refractivity contribution in [3.63, 3.8) is 0 Å². The Morgan fingerprint density at radius 1 is 0.674 bits per heavy atom. The van der Waals surface area contributed by atoms with Crippen LogP contribution in [0.3, 0.4) is 0 Å². The minimum atomic E-state index is -1.38. The topological polar surface area (TPSA) is 66.4 Å². The summed E-state index contributed by atoms with van der Waals surface area (Å²) in [7, 11) is 6.54. The summed E-state index contributed by atoms with van der Waals surface area (Å²) in [5.74, 6) is 3.21. The number of benzene rings is 5. The van der Waals surface area contributed by atoms with Gasteiger partial charge in [0, 0.05) is 27.8 Å². The van der Waals surface area contributed by atoms with Crippen LogP contribution in [-0.4, -0.2) is 33.5 Å². The SMILES string of the molecule is COc1cccc(C2(c3ccccc3)C=Cc3c(c4c(c5cc(OC)c(OC)cc35)-c3ccc(OC)cc3C4(C)O)O2)c1. The van der Waals surface area contributed by atoms with Crippen molar-refractivity contribution < 1.29 is 28.8 Å². The van der Waals surface area contributed by atoms with Crippen molar-refractivity contribution in [2.45, 2.75) is 18.1 Å². The fraction of sp³-hybridized carbons (Fsp3) is 0.189. The molecule has 0 amide bonds. The molecular weight excluding hydrogens is 540 g/mol. The first-order chi connectivity index (χ1) is 20.9. The van der Waals surface area contributed by atoms with E-state index in [9.17, 15) is 5.11 Å². The van der Waals surface area contributed by atoms with Gasteiger partial charge >= 0.3 is 0 Å². The fourth-order valence-electron chi connectivity index (χ4n) is 6.65. The Morgan fingerprint density at radius 3 is 2.05 bits per heavy atom. The molecule has 0 bridgehead atoms. The summed E-state index contributed by atoms with van der Waals surface area (Å²) < 4.78 is 29.9. The molecule has 0 fully saturated rings. The maximum Gasteiger partial charge on any atom is 0.178 e. The van der Waals surface area contributed by atoms with Gasteiger partial charge < -0.3 is 28.8 Å². The van der Waals surface area contributed by atoms with Gasteiger partial charge in [0.25, 0.3) is 0 Å². The summed E-state index contributed by atoms with van der Waals surface area (Å²) >= 11 is 0. The third-order valence-corrected chi connectivity index (χ3v) is 8.76. The first-order valence-electron chi connectivity index (χ1n) is 14.1. The van der Waals surface area contributed by atoms with Crippen LogP contribution in [-0.2, 0) is 11.2 Å². The molecule has 43 heavy (non-hydrogen) atoms. The Bertz CT molecular complexity index is 1920. The van der Waals surface area contributed by atoms with Crippen LogP contribution in [0.2, 0.25) is 0 Å². The van der Waals surface area contributed by atoms with Crippen LogP contribution in [0.5, 0.6) is 28.7 Å². The van der Waals surface area contributed by atoms with Gasteiger partial charge in [-0.3, -0.25) is 0 Å². The van der Waals surface area contributed by atoms with Gasteiger partial charge in [0.1, 0.15) is 22.8 Å². The highest BCUT2D eigenvalue weighted by Gasteiger charge is 2.47. The van der Waals surface area contributed by atoms with Gasteiger partial charge in [0.05, 0.1) is 28.4 Å². The Balaban J connectivity index is 1.60. The van der Waals surface area contributed by atoms with Crippen molar-refractivity contribution in [3.8, 4) is 39.9 Å². The number of fused-ring (bicyclic) bond motifs is 8. The predicted octanol–water partition coefficient (Wildman–Crippen LogP) is 7.46. The lowest BCUT2D eigenvalue weighted by molar-refractivity contribution is 0.0939. The zero-order valence-electron chi connectivity index (χ0n) is 24.7. The lowest BCUT2D eigenvalue weighted by Gasteiger charge is -2.39. The molecule has 7 rings (SSSR count). The minimum Gasteiger partial charge on any atom is -0.497 e. The van der Waals surface area contributed by atoms with Crippen LogP contribution in [0.1, 0.15) is 34.7 Å². The monoisotopic (exact) mass is 572 g/mol. The molecule has 0 radical (unpaired) electrons. The third kappa shape index (κ3) is 3.83. The maximum atomic E-state index is 12.4. The summed E-state index contributed by atoms with van der Waals surface area (Å²) in [5.41, 5.74) is 3.56. The zero-order valence-corrected chi connectivity index (χ0v) is 24.7. The van der Waals surface area contributed by atoms with E-state index in [4.69, 9.17) is 23.7 Å². The fourth-order valence-corrected chi connectivity index (χ4v) is 6.65. The summed E-state index contributed by atoms with van der Waals surface area (Å²) in [4.78, 5) is 0. The molecule has 1 aliphatic heterocycles. The smallest absolute Gasteiger partial charge is 0.178 e. The lowest BCUT2D eigenvalue weighted by atomic mass is 9.81. The van der Waals surface area contributed by atoms with Gasteiger partial charge in [-0.25, -0.2) is 0 Å². The molecule has 6 nitrogen and oxygen atoms in total. The quantitative estimate of drug-likeness (QED) is 0.228.